The Labute approximate surface area is 219 Å². The minimum Gasteiger partial charge on any atom is -0.345 e. The van der Waals surface area contributed by atoms with Crippen LogP contribution in [0, 0.1) is 5.92 Å². The lowest BCUT2D eigenvalue weighted by molar-refractivity contribution is -0.138. The first-order valence-electron chi connectivity index (χ1n) is 12.4. The molecule has 1 atom stereocenters. The molecule has 1 aromatic carbocycles. The fourth-order valence-corrected chi connectivity index (χ4v) is 3.79. The van der Waals surface area contributed by atoms with E-state index in [1.165, 1.54) is 24.3 Å². The molecule has 208 valence electrons. The van der Waals surface area contributed by atoms with E-state index in [9.17, 15) is 37.1 Å². The average molecular weight is 539 g/mol. The van der Waals surface area contributed by atoms with Gasteiger partial charge in [0.25, 0.3) is 11.8 Å². The van der Waals surface area contributed by atoms with Gasteiger partial charge in [0.1, 0.15) is 6.04 Å². The van der Waals surface area contributed by atoms with E-state index < -0.39 is 41.8 Å². The smallest absolute Gasteiger partial charge is 0.345 e. The second-order valence-electron chi connectivity index (χ2n) is 9.26. The molecule has 0 aromatic heterocycles. The predicted molar refractivity (Wildman–Crippen MR) is 134 cm³/mol. The van der Waals surface area contributed by atoms with E-state index in [2.05, 4.69) is 16.0 Å². The number of hydrogen-bond donors (Lipinski definition) is 3. The SMILES string of the molecule is CCc1ccc(NC(=O)CNC(=O)C(NC(=O)CCCCCN2C(=O)C=CC2=O)C(C)C)c(C(F)(F)F)c1. The van der Waals surface area contributed by atoms with Gasteiger partial charge in [-0.25, -0.2) is 0 Å². The normalized spacial score (nSPS) is 14.1. The number of amides is 5. The minimum atomic E-state index is -4.66. The molecule has 0 spiro atoms. The van der Waals surface area contributed by atoms with Crippen molar-refractivity contribution in [3.05, 3.63) is 41.5 Å². The Bertz CT molecular complexity index is 1070. The topological polar surface area (TPSA) is 125 Å². The molecular formula is C26H33F3N4O5. The summed E-state index contributed by atoms with van der Waals surface area (Å²) in [5, 5.41) is 7.17. The van der Waals surface area contributed by atoms with E-state index in [-0.39, 0.29) is 36.6 Å². The number of alkyl halides is 3. The van der Waals surface area contributed by atoms with Crippen molar-refractivity contribution < 1.29 is 37.1 Å². The molecule has 0 bridgehead atoms. The van der Waals surface area contributed by atoms with Crippen LogP contribution in [0.1, 0.15) is 57.6 Å². The second kappa shape index (κ2) is 13.7. The van der Waals surface area contributed by atoms with Crippen LogP contribution >= 0.6 is 0 Å². The van der Waals surface area contributed by atoms with E-state index in [0.29, 0.717) is 31.2 Å². The summed E-state index contributed by atoms with van der Waals surface area (Å²) in [4.78, 5) is 61.4. The van der Waals surface area contributed by atoms with Crippen molar-refractivity contribution in [1.29, 1.82) is 0 Å². The fourth-order valence-electron chi connectivity index (χ4n) is 3.79. The number of aryl methyl sites for hydroxylation is 1. The lowest BCUT2D eigenvalue weighted by Crippen LogP contribution is -2.51. The Kier molecular flexibility index (Phi) is 11.0. The molecule has 1 aliphatic heterocycles. The van der Waals surface area contributed by atoms with Crippen molar-refractivity contribution in [3.63, 3.8) is 0 Å². The third-order valence-corrected chi connectivity index (χ3v) is 5.95. The Morgan fingerprint density at radius 1 is 0.974 bits per heavy atom. The molecule has 2 rings (SSSR count). The Morgan fingerprint density at radius 3 is 2.21 bits per heavy atom. The van der Waals surface area contributed by atoms with Gasteiger partial charge in [0.15, 0.2) is 0 Å². The van der Waals surface area contributed by atoms with Crippen LogP contribution in [0.15, 0.2) is 30.4 Å². The number of imide groups is 1. The lowest BCUT2D eigenvalue weighted by atomic mass is 10.0. The van der Waals surface area contributed by atoms with Crippen LogP contribution in [-0.2, 0) is 36.6 Å². The third kappa shape index (κ3) is 9.00. The third-order valence-electron chi connectivity index (χ3n) is 5.95. The van der Waals surface area contributed by atoms with Gasteiger partial charge in [0, 0.05) is 25.1 Å². The molecule has 1 heterocycles. The number of benzene rings is 1. The number of hydrogen-bond acceptors (Lipinski definition) is 5. The van der Waals surface area contributed by atoms with Gasteiger partial charge in [0.05, 0.1) is 17.8 Å². The molecular weight excluding hydrogens is 505 g/mol. The summed E-state index contributed by atoms with van der Waals surface area (Å²) in [6.45, 7) is 4.81. The number of rotatable bonds is 13. The molecule has 0 aliphatic carbocycles. The van der Waals surface area contributed by atoms with Gasteiger partial charge in [-0.15, -0.1) is 0 Å². The van der Waals surface area contributed by atoms with Crippen LogP contribution in [0.5, 0.6) is 0 Å². The molecule has 0 fully saturated rings. The summed E-state index contributed by atoms with van der Waals surface area (Å²) in [6.07, 6.45) is -0.138. The molecule has 0 saturated heterocycles. The van der Waals surface area contributed by atoms with Crippen LogP contribution in [0.4, 0.5) is 18.9 Å². The first-order valence-corrected chi connectivity index (χ1v) is 12.4. The molecule has 0 saturated carbocycles. The van der Waals surface area contributed by atoms with Crippen LogP contribution < -0.4 is 16.0 Å². The molecule has 3 N–H and O–H groups in total. The maximum Gasteiger partial charge on any atom is 0.418 e. The molecule has 0 radical (unpaired) electrons. The minimum absolute atomic E-state index is 0.116. The van der Waals surface area contributed by atoms with E-state index in [0.717, 1.165) is 11.0 Å². The summed E-state index contributed by atoms with van der Waals surface area (Å²) in [7, 11) is 0. The van der Waals surface area contributed by atoms with Crippen molar-refractivity contribution in [3.8, 4) is 0 Å². The predicted octanol–water partition coefficient (Wildman–Crippen LogP) is 2.95. The average Bonchev–Trinajstić information content (AvgIpc) is 3.17. The number of carbonyl (C=O) groups excluding carboxylic acids is 5. The van der Waals surface area contributed by atoms with Gasteiger partial charge in [0.2, 0.25) is 17.7 Å². The first-order chi connectivity index (χ1) is 17.8. The van der Waals surface area contributed by atoms with E-state index in [1.807, 2.05) is 0 Å². The standard InChI is InChI=1S/C26H33F3N4O5/c1-4-17-9-10-19(18(14-17)26(27,28)29)31-21(35)15-30-25(38)24(16(2)3)32-20(34)8-6-5-7-13-33-22(36)11-12-23(33)37/h9-12,14,16,24H,4-8,13,15H2,1-3H3,(H,30,38)(H,31,35)(H,32,34). The van der Waals surface area contributed by atoms with Crippen molar-refractivity contribution in [1.82, 2.24) is 15.5 Å². The molecule has 12 heteroatoms. The van der Waals surface area contributed by atoms with Gasteiger partial charge >= 0.3 is 6.18 Å². The Morgan fingerprint density at radius 2 is 1.63 bits per heavy atom. The first kappa shape index (κ1) is 30.5. The molecule has 5 amide bonds. The zero-order valence-corrected chi connectivity index (χ0v) is 21.6. The van der Waals surface area contributed by atoms with Crippen molar-refractivity contribution in [2.24, 2.45) is 5.92 Å². The highest BCUT2D eigenvalue weighted by atomic mass is 19.4. The van der Waals surface area contributed by atoms with Crippen LogP contribution in [0.2, 0.25) is 0 Å². The monoisotopic (exact) mass is 538 g/mol. The summed E-state index contributed by atoms with van der Waals surface area (Å²) < 4.78 is 40.2. The van der Waals surface area contributed by atoms with Gasteiger partial charge in [-0.05, 0) is 42.9 Å². The highest BCUT2D eigenvalue weighted by Crippen LogP contribution is 2.35. The molecule has 1 unspecified atom stereocenters. The second-order valence-corrected chi connectivity index (χ2v) is 9.26. The molecule has 1 aliphatic rings. The summed E-state index contributed by atoms with van der Waals surface area (Å²) >= 11 is 0. The van der Waals surface area contributed by atoms with E-state index >= 15 is 0 Å². The molecule has 1 aromatic rings. The quantitative estimate of drug-likeness (QED) is 0.263. The largest absolute Gasteiger partial charge is 0.418 e. The zero-order valence-electron chi connectivity index (χ0n) is 21.6. The number of carbonyl (C=O) groups is 5. The van der Waals surface area contributed by atoms with Crippen LogP contribution in [-0.4, -0.2) is 53.6 Å². The summed E-state index contributed by atoms with van der Waals surface area (Å²) in [6, 6.07) is 2.68. The van der Waals surface area contributed by atoms with Crippen molar-refractivity contribution in [2.45, 2.75) is 65.1 Å². The molecule has 38 heavy (non-hydrogen) atoms. The van der Waals surface area contributed by atoms with Crippen molar-refractivity contribution >= 4 is 35.2 Å². The highest BCUT2D eigenvalue weighted by Gasteiger charge is 2.34. The van der Waals surface area contributed by atoms with E-state index in [4.69, 9.17) is 0 Å². The number of nitrogens with zero attached hydrogens (tertiary/aromatic N) is 1. The zero-order chi connectivity index (χ0) is 28.5. The van der Waals surface area contributed by atoms with E-state index in [1.54, 1.807) is 20.8 Å². The number of anilines is 1. The van der Waals surface area contributed by atoms with Crippen LogP contribution in [0.3, 0.4) is 0 Å². The Hall–Kier alpha value is -3.70. The summed E-state index contributed by atoms with van der Waals surface area (Å²) in [5.41, 5.74) is -0.912. The van der Waals surface area contributed by atoms with Gasteiger partial charge in [-0.3, -0.25) is 28.9 Å². The maximum atomic E-state index is 13.4. The van der Waals surface area contributed by atoms with Crippen molar-refractivity contribution in [2.75, 3.05) is 18.4 Å². The Balaban J connectivity index is 1.80. The highest BCUT2D eigenvalue weighted by molar-refractivity contribution is 6.12. The number of halogens is 3. The van der Waals surface area contributed by atoms with Gasteiger partial charge < -0.3 is 16.0 Å². The van der Waals surface area contributed by atoms with Gasteiger partial charge in [-0.1, -0.05) is 33.3 Å². The van der Waals surface area contributed by atoms with Gasteiger partial charge in [-0.2, -0.15) is 13.2 Å². The maximum absolute atomic E-state index is 13.4. The molecule has 9 nitrogen and oxygen atoms in total. The fraction of sp³-hybridized carbons (Fsp3) is 0.500. The number of unbranched alkanes of at least 4 members (excludes halogenated alkanes) is 2. The number of nitrogens with one attached hydrogen (secondary N) is 3. The van der Waals surface area contributed by atoms with Crippen LogP contribution in [0.25, 0.3) is 0 Å². The lowest BCUT2D eigenvalue weighted by Gasteiger charge is -2.22. The summed E-state index contributed by atoms with van der Waals surface area (Å²) in [5.74, 6) is -2.90.